The lowest BCUT2D eigenvalue weighted by molar-refractivity contribution is 0.0498. The van der Waals surface area contributed by atoms with Gasteiger partial charge in [0.1, 0.15) is 0 Å². The minimum absolute atomic E-state index is 0.0532. The summed E-state index contributed by atoms with van der Waals surface area (Å²) in [6.07, 6.45) is 0.745. The predicted octanol–water partition coefficient (Wildman–Crippen LogP) is 3.43. The SMILES string of the molecule is COc1cc(CN2CCN(Cc3ccccc3C)[C@H](CCO)C2)c(Cl)cc1O. The maximum Gasteiger partial charge on any atom is 0.160 e. The summed E-state index contributed by atoms with van der Waals surface area (Å²) in [5.74, 6) is 0.488. The molecular weight excluding hydrogens is 376 g/mol. The van der Waals surface area contributed by atoms with Crippen LogP contribution in [0, 0.1) is 6.92 Å². The third-order valence-electron chi connectivity index (χ3n) is 5.53. The Morgan fingerprint density at radius 2 is 1.93 bits per heavy atom. The molecule has 1 heterocycles. The van der Waals surface area contributed by atoms with E-state index in [4.69, 9.17) is 16.3 Å². The van der Waals surface area contributed by atoms with Crippen molar-refractivity contribution in [2.75, 3.05) is 33.4 Å². The van der Waals surface area contributed by atoms with E-state index in [0.717, 1.165) is 38.2 Å². The largest absolute Gasteiger partial charge is 0.504 e. The van der Waals surface area contributed by atoms with Gasteiger partial charge >= 0.3 is 0 Å². The first kappa shape index (κ1) is 20.9. The number of aryl methyl sites for hydroxylation is 1. The zero-order valence-corrected chi connectivity index (χ0v) is 17.3. The lowest BCUT2D eigenvalue weighted by atomic mass is 10.0. The van der Waals surface area contributed by atoms with E-state index in [9.17, 15) is 10.2 Å². The summed E-state index contributed by atoms with van der Waals surface area (Å²) in [5.41, 5.74) is 3.58. The molecule has 1 atom stereocenters. The van der Waals surface area contributed by atoms with Gasteiger partial charge in [-0.3, -0.25) is 9.80 Å². The number of hydrogen-bond donors (Lipinski definition) is 2. The zero-order chi connectivity index (χ0) is 20.1. The molecule has 2 aromatic carbocycles. The van der Waals surface area contributed by atoms with E-state index in [-0.39, 0.29) is 18.4 Å². The molecule has 1 aliphatic heterocycles. The molecule has 2 aromatic rings. The second-order valence-corrected chi connectivity index (χ2v) is 7.82. The van der Waals surface area contributed by atoms with Crippen LogP contribution in [0.2, 0.25) is 5.02 Å². The normalized spacial score (nSPS) is 18.4. The number of aliphatic hydroxyl groups is 1. The summed E-state index contributed by atoms with van der Waals surface area (Å²) in [5, 5.41) is 20.0. The lowest BCUT2D eigenvalue weighted by Crippen LogP contribution is -2.52. The Bertz CT molecular complexity index is 799. The quantitative estimate of drug-likeness (QED) is 0.740. The summed E-state index contributed by atoms with van der Waals surface area (Å²) in [7, 11) is 1.54. The first-order valence-corrected chi connectivity index (χ1v) is 10.1. The van der Waals surface area contributed by atoms with Gasteiger partial charge < -0.3 is 14.9 Å². The van der Waals surface area contributed by atoms with Crippen LogP contribution in [0.4, 0.5) is 0 Å². The van der Waals surface area contributed by atoms with E-state index < -0.39 is 0 Å². The monoisotopic (exact) mass is 404 g/mol. The van der Waals surface area contributed by atoms with Gasteiger partial charge in [-0.25, -0.2) is 0 Å². The van der Waals surface area contributed by atoms with Gasteiger partial charge in [-0.05, 0) is 36.1 Å². The highest BCUT2D eigenvalue weighted by Gasteiger charge is 2.27. The van der Waals surface area contributed by atoms with Crippen molar-refractivity contribution in [2.45, 2.75) is 32.5 Å². The summed E-state index contributed by atoms with van der Waals surface area (Å²) in [6.45, 7) is 6.64. The molecule has 6 heteroatoms. The second kappa shape index (κ2) is 9.61. The van der Waals surface area contributed by atoms with E-state index in [0.29, 0.717) is 17.3 Å². The topological polar surface area (TPSA) is 56.2 Å². The standard InChI is InChI=1S/C22H29ClN2O3/c1-16-5-3-4-6-17(16)14-25-9-8-24(15-19(25)7-10-26)13-18-11-22(28-2)21(27)12-20(18)23/h3-6,11-12,19,26-27H,7-10,13-15H2,1-2H3/t19-/m1/s1. The van der Waals surface area contributed by atoms with Crippen molar-refractivity contribution < 1.29 is 14.9 Å². The molecule has 2 N–H and O–H groups in total. The van der Waals surface area contributed by atoms with Gasteiger partial charge in [0, 0.05) is 56.5 Å². The second-order valence-electron chi connectivity index (χ2n) is 7.41. The van der Waals surface area contributed by atoms with E-state index in [1.165, 1.54) is 24.3 Å². The van der Waals surface area contributed by atoms with Crippen molar-refractivity contribution in [3.8, 4) is 11.5 Å². The van der Waals surface area contributed by atoms with Crippen LogP contribution < -0.4 is 4.74 Å². The molecule has 1 fully saturated rings. The average molecular weight is 405 g/mol. The van der Waals surface area contributed by atoms with Crippen LogP contribution in [0.3, 0.4) is 0 Å². The number of ether oxygens (including phenoxy) is 1. The first-order chi connectivity index (χ1) is 13.5. The van der Waals surface area contributed by atoms with Crippen molar-refractivity contribution in [2.24, 2.45) is 0 Å². The molecule has 28 heavy (non-hydrogen) atoms. The third kappa shape index (κ3) is 4.97. The van der Waals surface area contributed by atoms with Crippen LogP contribution in [-0.4, -0.2) is 59.4 Å². The molecule has 5 nitrogen and oxygen atoms in total. The Morgan fingerprint density at radius 1 is 1.14 bits per heavy atom. The number of nitrogens with zero attached hydrogens (tertiary/aromatic N) is 2. The van der Waals surface area contributed by atoms with Crippen LogP contribution >= 0.6 is 11.6 Å². The number of phenolic OH excluding ortho intramolecular Hbond substituents is 1. The highest BCUT2D eigenvalue weighted by Crippen LogP contribution is 2.33. The number of aromatic hydroxyl groups is 1. The van der Waals surface area contributed by atoms with Crippen LogP contribution in [-0.2, 0) is 13.1 Å². The van der Waals surface area contributed by atoms with Crippen LogP contribution in [0.15, 0.2) is 36.4 Å². The van der Waals surface area contributed by atoms with Gasteiger partial charge in [-0.2, -0.15) is 0 Å². The number of hydrogen-bond acceptors (Lipinski definition) is 5. The molecule has 0 aromatic heterocycles. The van der Waals surface area contributed by atoms with Gasteiger partial charge in [0.25, 0.3) is 0 Å². The minimum Gasteiger partial charge on any atom is -0.504 e. The van der Waals surface area contributed by atoms with Gasteiger partial charge in [-0.15, -0.1) is 0 Å². The van der Waals surface area contributed by atoms with Crippen LogP contribution in [0.25, 0.3) is 0 Å². The average Bonchev–Trinajstić information content (AvgIpc) is 2.68. The van der Waals surface area contributed by atoms with Gasteiger partial charge in [0.05, 0.1) is 7.11 Å². The molecule has 1 aliphatic rings. The van der Waals surface area contributed by atoms with Crippen molar-refractivity contribution in [1.29, 1.82) is 0 Å². The van der Waals surface area contributed by atoms with E-state index >= 15 is 0 Å². The fourth-order valence-electron chi connectivity index (χ4n) is 3.85. The third-order valence-corrected chi connectivity index (χ3v) is 5.88. The summed E-state index contributed by atoms with van der Waals surface area (Å²) < 4.78 is 5.22. The molecule has 0 saturated carbocycles. The van der Waals surface area contributed by atoms with Gasteiger partial charge in [0.15, 0.2) is 11.5 Å². The minimum atomic E-state index is 0.0532. The summed E-state index contributed by atoms with van der Waals surface area (Å²) in [6, 6.07) is 12.1. The fraction of sp³-hybridized carbons (Fsp3) is 0.455. The molecule has 0 spiro atoms. The molecule has 0 amide bonds. The van der Waals surface area contributed by atoms with E-state index in [1.54, 1.807) is 6.07 Å². The molecule has 0 unspecified atom stereocenters. The molecule has 152 valence electrons. The van der Waals surface area contributed by atoms with Gasteiger partial charge in [-0.1, -0.05) is 35.9 Å². The Balaban J connectivity index is 1.69. The Morgan fingerprint density at radius 3 is 2.64 bits per heavy atom. The highest BCUT2D eigenvalue weighted by atomic mass is 35.5. The van der Waals surface area contributed by atoms with Crippen molar-refractivity contribution in [3.05, 3.63) is 58.1 Å². The lowest BCUT2D eigenvalue weighted by Gasteiger charge is -2.41. The number of piperazine rings is 1. The fourth-order valence-corrected chi connectivity index (χ4v) is 4.07. The van der Waals surface area contributed by atoms with Crippen LogP contribution in [0.5, 0.6) is 11.5 Å². The van der Waals surface area contributed by atoms with Crippen molar-refractivity contribution in [1.82, 2.24) is 9.80 Å². The van der Waals surface area contributed by atoms with Crippen molar-refractivity contribution in [3.63, 3.8) is 0 Å². The molecule has 0 aliphatic carbocycles. The van der Waals surface area contributed by atoms with E-state index in [2.05, 4.69) is 41.0 Å². The number of halogens is 1. The Kier molecular flexibility index (Phi) is 7.18. The number of phenols is 1. The molecule has 0 bridgehead atoms. The van der Waals surface area contributed by atoms with E-state index in [1.807, 2.05) is 0 Å². The highest BCUT2D eigenvalue weighted by molar-refractivity contribution is 6.31. The maximum absolute atomic E-state index is 9.87. The van der Waals surface area contributed by atoms with Gasteiger partial charge in [0.2, 0.25) is 0 Å². The number of aliphatic hydroxyl groups excluding tert-OH is 1. The molecule has 1 saturated heterocycles. The Labute approximate surface area is 172 Å². The van der Waals surface area contributed by atoms with Crippen LogP contribution in [0.1, 0.15) is 23.1 Å². The molecule has 0 radical (unpaired) electrons. The predicted molar refractivity (Wildman–Crippen MR) is 112 cm³/mol. The summed E-state index contributed by atoms with van der Waals surface area (Å²) >= 11 is 6.34. The number of rotatable bonds is 7. The first-order valence-electron chi connectivity index (χ1n) is 9.69. The van der Waals surface area contributed by atoms with Crippen molar-refractivity contribution >= 4 is 11.6 Å². The number of benzene rings is 2. The molecular formula is C22H29ClN2O3. The Hall–Kier alpha value is -1.79. The maximum atomic E-state index is 9.87. The summed E-state index contributed by atoms with van der Waals surface area (Å²) in [4.78, 5) is 4.82. The molecule has 3 rings (SSSR count). The zero-order valence-electron chi connectivity index (χ0n) is 16.6. The number of methoxy groups -OCH3 is 1. The smallest absolute Gasteiger partial charge is 0.160 e.